The maximum atomic E-state index is 13.6. The lowest BCUT2D eigenvalue weighted by atomic mass is 9.94. The van der Waals surface area contributed by atoms with Crippen LogP contribution in [0.25, 0.3) is 0 Å². The van der Waals surface area contributed by atoms with Gasteiger partial charge in [-0.15, -0.1) is 0 Å². The van der Waals surface area contributed by atoms with Crippen LogP contribution >= 0.6 is 0 Å². The smallest absolute Gasteiger partial charge is 0.257 e. The molecule has 2 aliphatic rings. The first kappa shape index (κ1) is 26.6. The quantitative estimate of drug-likeness (QED) is 0.619. The van der Waals surface area contributed by atoms with Crippen LogP contribution in [-0.4, -0.2) is 80.8 Å². The fraction of sp³-hybridized carbons (Fsp3) is 0.483. The largest absolute Gasteiger partial charge is 0.490 e. The van der Waals surface area contributed by atoms with E-state index in [-0.39, 0.29) is 49.1 Å². The second-order valence-corrected chi connectivity index (χ2v) is 9.88. The number of nitrogens with zero attached hydrogens (tertiary/aromatic N) is 3. The highest BCUT2D eigenvalue weighted by molar-refractivity contribution is 5.97. The van der Waals surface area contributed by atoms with Crippen LogP contribution in [0.1, 0.15) is 53.1 Å². The summed E-state index contributed by atoms with van der Waals surface area (Å²) < 4.78 is 18.1. The Labute approximate surface area is 218 Å². The van der Waals surface area contributed by atoms with Crippen molar-refractivity contribution in [3.8, 4) is 11.8 Å². The lowest BCUT2D eigenvalue weighted by molar-refractivity contribution is -0.145. The summed E-state index contributed by atoms with van der Waals surface area (Å²) in [5.41, 5.74) is 1.68. The van der Waals surface area contributed by atoms with Gasteiger partial charge in [0.1, 0.15) is 18.5 Å². The number of carbonyl (C=O) groups excluding carboxylic acids is 2. The molecule has 2 bridgehead atoms. The highest BCUT2D eigenvalue weighted by atomic mass is 16.6. The van der Waals surface area contributed by atoms with Gasteiger partial charge in [0.2, 0.25) is 5.91 Å². The van der Waals surface area contributed by atoms with Crippen LogP contribution in [0.2, 0.25) is 0 Å². The molecule has 1 saturated heterocycles. The number of nitriles is 1. The molecule has 8 nitrogen and oxygen atoms in total. The zero-order valence-electron chi connectivity index (χ0n) is 21.8. The summed E-state index contributed by atoms with van der Waals surface area (Å²) in [6, 6.07) is 16.8. The Hall–Kier alpha value is -3.41. The van der Waals surface area contributed by atoms with Crippen LogP contribution in [0.5, 0.6) is 5.75 Å². The molecule has 2 amide bonds. The molecule has 2 heterocycles. The van der Waals surface area contributed by atoms with Gasteiger partial charge < -0.3 is 24.0 Å². The highest BCUT2D eigenvalue weighted by Gasteiger charge is 2.33. The molecule has 2 aromatic carbocycles. The summed E-state index contributed by atoms with van der Waals surface area (Å²) in [5, 5.41) is 9.46. The normalized spacial score (nSPS) is 25.7. The van der Waals surface area contributed by atoms with E-state index >= 15 is 0 Å². The molecule has 0 unspecified atom stereocenters. The summed E-state index contributed by atoms with van der Waals surface area (Å²) in [7, 11) is 5.20. The first-order chi connectivity index (χ1) is 17.9. The molecule has 0 aromatic heterocycles. The molecule has 196 valence electrons. The van der Waals surface area contributed by atoms with Crippen molar-refractivity contribution < 1.29 is 23.8 Å². The van der Waals surface area contributed by atoms with Crippen LogP contribution < -0.4 is 4.74 Å². The third kappa shape index (κ3) is 6.48. The second kappa shape index (κ2) is 12.2. The Morgan fingerprint density at radius 2 is 1.81 bits per heavy atom. The minimum atomic E-state index is -0.309. The number of fused-ring (bicyclic) bond motifs is 3. The average molecular weight is 506 g/mol. The van der Waals surface area contributed by atoms with Crippen LogP contribution in [0, 0.1) is 11.3 Å². The van der Waals surface area contributed by atoms with Gasteiger partial charge in [-0.3, -0.25) is 9.59 Å². The molecule has 0 saturated carbocycles. The molecular formula is C29H35N3O5. The SMILES string of the molecule is CO[C@H]1CC[C@H]2CCN(C)C(=O)C[C@H](c3ccccc3)CN(C)C(=O)c3cc(C#N)ccc3OC[C@H]1O2. The molecule has 0 radical (unpaired) electrons. The fourth-order valence-electron chi connectivity index (χ4n) is 5.09. The number of likely N-dealkylation sites (N-methyl/N-ethyl adjacent to an activating group) is 1. The first-order valence-corrected chi connectivity index (χ1v) is 12.8. The van der Waals surface area contributed by atoms with Crippen LogP contribution in [0.4, 0.5) is 0 Å². The summed E-state index contributed by atoms with van der Waals surface area (Å²) in [6.07, 6.45) is 2.23. The third-order valence-corrected chi connectivity index (χ3v) is 7.35. The zero-order valence-corrected chi connectivity index (χ0v) is 21.8. The predicted molar refractivity (Wildman–Crippen MR) is 138 cm³/mol. The molecule has 1 fully saturated rings. The Kier molecular flexibility index (Phi) is 8.80. The number of rotatable bonds is 2. The van der Waals surface area contributed by atoms with Gasteiger partial charge in [0.05, 0.1) is 29.4 Å². The number of amides is 2. The number of methoxy groups -OCH3 is 1. The van der Waals surface area contributed by atoms with E-state index in [0.717, 1.165) is 24.8 Å². The van der Waals surface area contributed by atoms with Crippen molar-refractivity contribution in [1.29, 1.82) is 5.26 Å². The maximum Gasteiger partial charge on any atom is 0.257 e. The summed E-state index contributed by atoms with van der Waals surface area (Å²) in [4.78, 5) is 30.2. The van der Waals surface area contributed by atoms with Crippen molar-refractivity contribution in [2.24, 2.45) is 0 Å². The van der Waals surface area contributed by atoms with Crippen molar-refractivity contribution in [1.82, 2.24) is 9.80 Å². The van der Waals surface area contributed by atoms with Crippen molar-refractivity contribution >= 4 is 11.8 Å². The van der Waals surface area contributed by atoms with Crippen molar-refractivity contribution in [3.05, 3.63) is 65.2 Å². The lowest BCUT2D eigenvalue weighted by Crippen LogP contribution is -2.44. The topological polar surface area (TPSA) is 92.1 Å². The Balaban J connectivity index is 1.68. The van der Waals surface area contributed by atoms with Gasteiger partial charge in [-0.25, -0.2) is 0 Å². The molecule has 0 spiro atoms. The summed E-state index contributed by atoms with van der Waals surface area (Å²) in [5.74, 6) is -0.0269. The maximum absolute atomic E-state index is 13.6. The molecular weight excluding hydrogens is 470 g/mol. The van der Waals surface area contributed by atoms with E-state index in [0.29, 0.717) is 30.0 Å². The fourth-order valence-corrected chi connectivity index (χ4v) is 5.09. The van der Waals surface area contributed by atoms with Crippen molar-refractivity contribution in [2.45, 2.75) is 49.9 Å². The van der Waals surface area contributed by atoms with Crippen molar-refractivity contribution in [2.75, 3.05) is 40.9 Å². The molecule has 4 atom stereocenters. The number of hydrogen-bond donors (Lipinski definition) is 0. The molecule has 0 N–H and O–H groups in total. The van der Waals surface area contributed by atoms with Gasteiger partial charge in [0, 0.05) is 46.6 Å². The van der Waals surface area contributed by atoms with E-state index in [1.165, 1.54) is 0 Å². The molecule has 8 heteroatoms. The zero-order chi connectivity index (χ0) is 26.4. The van der Waals surface area contributed by atoms with Crippen LogP contribution in [0.15, 0.2) is 48.5 Å². The standard InChI is InChI=1S/C29H35N3O5/c1-31-14-13-23-10-12-26(35-3)27(37-23)19-36-25-11-9-20(17-30)15-24(25)29(34)32(2)18-22(16-28(31)33)21-7-5-4-6-8-21/h4-9,11,15,22-23,26-27H,10,12-14,16,18-19H2,1-3H3/t22-,23-,26-,27+/m0/s1. The Morgan fingerprint density at radius 1 is 1.03 bits per heavy atom. The van der Waals surface area contributed by atoms with Crippen LogP contribution in [0.3, 0.4) is 0 Å². The van der Waals surface area contributed by atoms with Gasteiger partial charge in [-0.2, -0.15) is 5.26 Å². The van der Waals surface area contributed by atoms with Gasteiger partial charge in [-0.05, 0) is 43.0 Å². The molecule has 0 aliphatic carbocycles. The van der Waals surface area contributed by atoms with E-state index in [4.69, 9.17) is 14.2 Å². The number of carbonyl (C=O) groups is 2. The first-order valence-electron chi connectivity index (χ1n) is 12.8. The Morgan fingerprint density at radius 3 is 2.54 bits per heavy atom. The van der Waals surface area contributed by atoms with E-state index in [2.05, 4.69) is 6.07 Å². The minimum Gasteiger partial charge on any atom is -0.490 e. The molecule has 2 aromatic rings. The Bertz CT molecular complexity index is 1130. The van der Waals surface area contributed by atoms with E-state index in [1.54, 1.807) is 42.2 Å². The number of ether oxygens (including phenoxy) is 3. The summed E-state index contributed by atoms with van der Waals surface area (Å²) >= 11 is 0. The van der Waals surface area contributed by atoms with Gasteiger partial charge >= 0.3 is 0 Å². The number of hydrogen-bond acceptors (Lipinski definition) is 6. The minimum absolute atomic E-state index is 0.0127. The summed E-state index contributed by atoms with van der Waals surface area (Å²) in [6.45, 7) is 1.15. The van der Waals surface area contributed by atoms with E-state index in [9.17, 15) is 14.9 Å². The van der Waals surface area contributed by atoms with Gasteiger partial charge in [0.15, 0.2) is 0 Å². The molecule has 37 heavy (non-hydrogen) atoms. The van der Waals surface area contributed by atoms with E-state index in [1.807, 2.05) is 37.4 Å². The van der Waals surface area contributed by atoms with E-state index < -0.39 is 0 Å². The molecule has 2 aliphatic heterocycles. The van der Waals surface area contributed by atoms with Gasteiger partial charge in [0.25, 0.3) is 5.91 Å². The van der Waals surface area contributed by atoms with Gasteiger partial charge in [-0.1, -0.05) is 30.3 Å². The lowest BCUT2D eigenvalue weighted by Gasteiger charge is -2.36. The predicted octanol–water partition coefficient (Wildman–Crippen LogP) is 3.61. The third-order valence-electron chi connectivity index (χ3n) is 7.35. The van der Waals surface area contributed by atoms with Crippen LogP contribution in [-0.2, 0) is 14.3 Å². The highest BCUT2D eigenvalue weighted by Crippen LogP contribution is 2.29. The number of benzene rings is 2. The van der Waals surface area contributed by atoms with Crippen molar-refractivity contribution in [3.63, 3.8) is 0 Å². The monoisotopic (exact) mass is 505 g/mol. The second-order valence-electron chi connectivity index (χ2n) is 9.88. The average Bonchev–Trinajstić information content (AvgIpc) is 2.93. The molecule has 4 rings (SSSR count).